The van der Waals surface area contributed by atoms with Crippen LogP contribution in [0.2, 0.25) is 0 Å². The number of likely N-dealkylation sites (tertiary alicyclic amines) is 2. The molecule has 0 bridgehead atoms. The summed E-state index contributed by atoms with van der Waals surface area (Å²) in [4.78, 5) is 47.7. The number of nitrogens with zero attached hydrogens (tertiary/aromatic N) is 4. The zero-order chi connectivity index (χ0) is 23.7. The van der Waals surface area contributed by atoms with Crippen molar-refractivity contribution in [1.82, 2.24) is 19.4 Å². The van der Waals surface area contributed by atoms with Crippen molar-refractivity contribution in [3.05, 3.63) is 51.9 Å². The van der Waals surface area contributed by atoms with Crippen molar-refractivity contribution < 1.29 is 9.59 Å². The van der Waals surface area contributed by atoms with Crippen LogP contribution in [-0.4, -0.2) is 57.3 Å². The number of piperidine rings is 1. The first-order valence-corrected chi connectivity index (χ1v) is 13.0. The van der Waals surface area contributed by atoms with Gasteiger partial charge < -0.3 is 9.80 Å². The van der Waals surface area contributed by atoms with Crippen molar-refractivity contribution in [2.45, 2.75) is 45.6 Å². The molecular formula is C26H30N4O3S. The van der Waals surface area contributed by atoms with Gasteiger partial charge in [0.15, 0.2) is 0 Å². The second-order valence-corrected chi connectivity index (χ2v) is 10.2. The molecule has 0 radical (unpaired) electrons. The molecule has 0 unspecified atom stereocenters. The van der Waals surface area contributed by atoms with E-state index in [0.717, 1.165) is 49.9 Å². The Hall–Kier alpha value is -3.00. The molecule has 2 fully saturated rings. The maximum Gasteiger partial charge on any atom is 0.262 e. The molecular weight excluding hydrogens is 448 g/mol. The van der Waals surface area contributed by atoms with Crippen LogP contribution in [0.3, 0.4) is 0 Å². The number of carbonyl (C=O) groups is 2. The number of carbonyl (C=O) groups excluding carboxylic acids is 2. The van der Waals surface area contributed by atoms with E-state index in [0.29, 0.717) is 29.9 Å². The highest BCUT2D eigenvalue weighted by Gasteiger charge is 2.31. The van der Waals surface area contributed by atoms with Gasteiger partial charge in [0.05, 0.1) is 11.7 Å². The molecule has 2 amide bonds. The van der Waals surface area contributed by atoms with Gasteiger partial charge in [-0.2, -0.15) is 0 Å². The van der Waals surface area contributed by atoms with Gasteiger partial charge in [-0.3, -0.25) is 19.0 Å². The Balaban J connectivity index is 1.23. The van der Waals surface area contributed by atoms with Crippen molar-refractivity contribution >= 4 is 33.4 Å². The van der Waals surface area contributed by atoms with E-state index in [1.807, 2.05) is 46.4 Å². The van der Waals surface area contributed by atoms with Crippen LogP contribution in [0.1, 0.15) is 37.7 Å². The van der Waals surface area contributed by atoms with Gasteiger partial charge in [0.1, 0.15) is 4.83 Å². The van der Waals surface area contributed by atoms with Gasteiger partial charge in [0.25, 0.3) is 5.56 Å². The predicted octanol–water partition coefficient (Wildman–Crippen LogP) is 3.68. The van der Waals surface area contributed by atoms with Crippen LogP contribution in [0.5, 0.6) is 0 Å². The number of aromatic nitrogens is 2. The summed E-state index contributed by atoms with van der Waals surface area (Å²) >= 11 is 1.46. The number of aryl methyl sites for hydroxylation is 2. The lowest BCUT2D eigenvalue weighted by molar-refractivity contribution is -0.140. The lowest BCUT2D eigenvalue weighted by Crippen LogP contribution is -2.44. The molecule has 0 spiro atoms. The summed E-state index contributed by atoms with van der Waals surface area (Å²) in [5.74, 6) is 0.328. The second kappa shape index (κ2) is 9.70. The summed E-state index contributed by atoms with van der Waals surface area (Å²) in [6.45, 7) is 5.31. The molecule has 2 aliphatic rings. The van der Waals surface area contributed by atoms with Crippen LogP contribution >= 0.6 is 11.3 Å². The van der Waals surface area contributed by atoms with E-state index in [-0.39, 0.29) is 29.7 Å². The first kappa shape index (κ1) is 22.8. The predicted molar refractivity (Wildman–Crippen MR) is 134 cm³/mol. The van der Waals surface area contributed by atoms with Crippen LogP contribution in [0.4, 0.5) is 0 Å². The molecule has 2 saturated heterocycles. The highest BCUT2D eigenvalue weighted by molar-refractivity contribution is 7.17. The third kappa shape index (κ3) is 4.51. The number of thiophene rings is 1. The van der Waals surface area contributed by atoms with Crippen LogP contribution in [-0.2, 0) is 16.1 Å². The summed E-state index contributed by atoms with van der Waals surface area (Å²) in [6, 6.07) is 8.12. The summed E-state index contributed by atoms with van der Waals surface area (Å²) < 4.78 is 1.55. The van der Waals surface area contributed by atoms with E-state index in [2.05, 4.69) is 4.98 Å². The first-order chi connectivity index (χ1) is 16.5. The molecule has 3 aromatic rings. The molecule has 0 atom stereocenters. The fourth-order valence-corrected chi connectivity index (χ4v) is 5.92. The lowest BCUT2D eigenvalue weighted by atomic mass is 9.95. The molecule has 8 heteroatoms. The van der Waals surface area contributed by atoms with Crippen molar-refractivity contribution in [2.24, 2.45) is 5.92 Å². The van der Waals surface area contributed by atoms with E-state index in [4.69, 9.17) is 0 Å². The first-order valence-electron chi connectivity index (χ1n) is 12.1. The minimum absolute atomic E-state index is 0.0307. The molecule has 5 rings (SSSR count). The van der Waals surface area contributed by atoms with Crippen LogP contribution in [0.15, 0.2) is 40.8 Å². The third-order valence-electron chi connectivity index (χ3n) is 7.10. The normalized spacial score (nSPS) is 17.0. The SMILES string of the molecule is Cc1ccc(-c2csc3ncn(CCC(=O)N4CCC(C(=O)N5CCCC5)CC4)c(=O)c23)cc1. The summed E-state index contributed by atoms with van der Waals surface area (Å²) in [5, 5.41) is 2.59. The highest BCUT2D eigenvalue weighted by Crippen LogP contribution is 2.30. The topological polar surface area (TPSA) is 75.5 Å². The van der Waals surface area contributed by atoms with Crippen LogP contribution in [0, 0.1) is 12.8 Å². The number of hydrogen-bond donors (Lipinski definition) is 0. The maximum atomic E-state index is 13.2. The van der Waals surface area contributed by atoms with Crippen molar-refractivity contribution in [2.75, 3.05) is 26.2 Å². The Morgan fingerprint density at radius 3 is 2.44 bits per heavy atom. The molecule has 0 saturated carbocycles. The van der Waals surface area contributed by atoms with Crippen molar-refractivity contribution in [3.63, 3.8) is 0 Å². The Morgan fingerprint density at radius 2 is 1.74 bits per heavy atom. The lowest BCUT2D eigenvalue weighted by Gasteiger charge is -2.33. The maximum absolute atomic E-state index is 13.2. The number of hydrogen-bond acceptors (Lipinski definition) is 5. The molecule has 178 valence electrons. The zero-order valence-electron chi connectivity index (χ0n) is 19.5. The Bertz CT molecular complexity index is 1250. The smallest absolute Gasteiger partial charge is 0.262 e. The molecule has 2 aromatic heterocycles. The van der Waals surface area contributed by atoms with Gasteiger partial charge in [-0.1, -0.05) is 29.8 Å². The quantitative estimate of drug-likeness (QED) is 0.561. The molecule has 0 N–H and O–H groups in total. The van der Waals surface area contributed by atoms with E-state index in [9.17, 15) is 14.4 Å². The van der Waals surface area contributed by atoms with Crippen molar-refractivity contribution in [1.29, 1.82) is 0 Å². The monoisotopic (exact) mass is 478 g/mol. The standard InChI is InChI=1S/C26H30N4O3S/c1-18-4-6-19(7-5-18)21-16-34-24-23(21)26(33)30(17-27-24)15-10-22(31)28-13-8-20(9-14-28)25(32)29-11-2-3-12-29/h4-7,16-17,20H,2-3,8-15H2,1H3. The van der Waals surface area contributed by atoms with Gasteiger partial charge in [-0.25, -0.2) is 4.98 Å². The minimum atomic E-state index is -0.107. The number of rotatable bonds is 5. The Kier molecular flexibility index (Phi) is 6.50. The largest absolute Gasteiger partial charge is 0.343 e. The van der Waals surface area contributed by atoms with Crippen LogP contribution < -0.4 is 5.56 Å². The van der Waals surface area contributed by atoms with Gasteiger partial charge in [0.2, 0.25) is 11.8 Å². The van der Waals surface area contributed by atoms with Gasteiger partial charge in [0, 0.05) is 56.0 Å². The Labute approximate surface area is 203 Å². The summed E-state index contributed by atoms with van der Waals surface area (Å²) in [7, 11) is 0. The molecule has 34 heavy (non-hydrogen) atoms. The highest BCUT2D eigenvalue weighted by atomic mass is 32.1. The molecule has 7 nitrogen and oxygen atoms in total. The third-order valence-corrected chi connectivity index (χ3v) is 7.99. The number of benzene rings is 1. The fourth-order valence-electron chi connectivity index (χ4n) is 5.02. The second-order valence-electron chi connectivity index (χ2n) is 9.38. The van der Waals surface area contributed by atoms with Gasteiger partial charge in [-0.05, 0) is 38.2 Å². The van der Waals surface area contributed by atoms with Gasteiger partial charge >= 0.3 is 0 Å². The van der Waals surface area contributed by atoms with E-state index in [1.165, 1.54) is 16.9 Å². The average molecular weight is 479 g/mol. The summed E-state index contributed by atoms with van der Waals surface area (Å²) in [6.07, 6.45) is 5.45. The Morgan fingerprint density at radius 1 is 1.03 bits per heavy atom. The molecule has 2 aliphatic heterocycles. The zero-order valence-corrected chi connectivity index (χ0v) is 20.4. The van der Waals surface area contributed by atoms with Crippen LogP contribution in [0.25, 0.3) is 21.3 Å². The number of amides is 2. The fraction of sp³-hybridized carbons (Fsp3) is 0.462. The number of fused-ring (bicyclic) bond motifs is 1. The van der Waals surface area contributed by atoms with Crippen molar-refractivity contribution in [3.8, 4) is 11.1 Å². The van der Waals surface area contributed by atoms with E-state index < -0.39 is 0 Å². The molecule has 1 aromatic carbocycles. The van der Waals surface area contributed by atoms with E-state index >= 15 is 0 Å². The minimum Gasteiger partial charge on any atom is -0.343 e. The molecule has 4 heterocycles. The van der Waals surface area contributed by atoms with Gasteiger partial charge in [-0.15, -0.1) is 11.3 Å². The summed E-state index contributed by atoms with van der Waals surface area (Å²) in [5.41, 5.74) is 2.95. The average Bonchev–Trinajstić information content (AvgIpc) is 3.54. The molecule has 0 aliphatic carbocycles. The van der Waals surface area contributed by atoms with E-state index in [1.54, 1.807) is 10.9 Å².